The highest BCUT2D eigenvalue weighted by molar-refractivity contribution is 4.63. The molecule has 0 aromatic carbocycles. The van der Waals surface area contributed by atoms with Crippen LogP contribution in [0.2, 0.25) is 0 Å². The number of hydrogen-bond acceptors (Lipinski definition) is 0. The molecule has 12 heavy (non-hydrogen) atoms. The maximum atomic E-state index is 2.45. The van der Waals surface area contributed by atoms with Gasteiger partial charge in [-0.1, -0.05) is 6.92 Å². The van der Waals surface area contributed by atoms with Crippen LogP contribution in [0.1, 0.15) is 39.0 Å². The van der Waals surface area contributed by atoms with Crippen LogP contribution in [0, 0.1) is 5.92 Å². The summed E-state index contributed by atoms with van der Waals surface area (Å²) in [6.07, 6.45) is 7.45. The second-order valence-corrected chi connectivity index (χ2v) is 5.00. The molecule has 2 fully saturated rings. The molecule has 0 amide bonds. The Labute approximate surface area is 76.3 Å². The second-order valence-electron chi connectivity index (χ2n) is 5.00. The molecule has 0 aromatic rings. The van der Waals surface area contributed by atoms with E-state index in [1.54, 1.807) is 0 Å². The zero-order valence-corrected chi connectivity index (χ0v) is 8.39. The molecule has 70 valence electrons. The molecule has 2 aliphatic heterocycles. The van der Waals surface area contributed by atoms with Crippen molar-refractivity contribution in [1.82, 2.24) is 0 Å². The van der Waals surface area contributed by atoms with Crippen molar-refractivity contribution in [2.45, 2.75) is 39.0 Å². The van der Waals surface area contributed by atoms with E-state index in [4.69, 9.17) is 0 Å². The topological polar surface area (TPSA) is 0 Å². The molecule has 0 radical (unpaired) electrons. The molecule has 1 heteroatoms. The molecule has 1 nitrogen and oxygen atoms in total. The number of rotatable bonds is 0. The Kier molecular flexibility index (Phi) is 2.40. The van der Waals surface area contributed by atoms with E-state index >= 15 is 0 Å². The Morgan fingerprint density at radius 3 is 2.17 bits per heavy atom. The van der Waals surface area contributed by atoms with E-state index in [1.165, 1.54) is 62.8 Å². The van der Waals surface area contributed by atoms with E-state index in [0.29, 0.717) is 0 Å². The molecule has 0 aromatic heterocycles. The first kappa shape index (κ1) is 8.55. The van der Waals surface area contributed by atoms with Gasteiger partial charge in [-0.3, -0.25) is 0 Å². The van der Waals surface area contributed by atoms with Gasteiger partial charge in [0.1, 0.15) is 0 Å². The molecule has 2 aliphatic rings. The van der Waals surface area contributed by atoms with Gasteiger partial charge in [0.25, 0.3) is 0 Å². The van der Waals surface area contributed by atoms with Crippen molar-refractivity contribution in [2.24, 2.45) is 5.92 Å². The lowest BCUT2D eigenvalue weighted by atomic mass is 10.1. The van der Waals surface area contributed by atoms with Crippen LogP contribution in [0.25, 0.3) is 0 Å². The van der Waals surface area contributed by atoms with Crippen LogP contribution < -0.4 is 0 Å². The lowest BCUT2D eigenvalue weighted by molar-refractivity contribution is -0.918. The van der Waals surface area contributed by atoms with E-state index in [9.17, 15) is 0 Å². The van der Waals surface area contributed by atoms with E-state index in [2.05, 4.69) is 6.92 Å². The highest BCUT2D eigenvalue weighted by Gasteiger charge is 2.34. The monoisotopic (exact) mass is 168 g/mol. The smallest absolute Gasteiger partial charge is 0.0812 e. The number of quaternary nitrogens is 1. The molecule has 1 unspecified atom stereocenters. The number of nitrogens with zero attached hydrogens (tertiary/aromatic N) is 1. The minimum absolute atomic E-state index is 0.991. The van der Waals surface area contributed by atoms with Crippen LogP contribution in [-0.2, 0) is 0 Å². The lowest BCUT2D eigenvalue weighted by Crippen LogP contribution is -2.47. The van der Waals surface area contributed by atoms with Crippen LogP contribution >= 0.6 is 0 Å². The van der Waals surface area contributed by atoms with Gasteiger partial charge in [-0.05, 0) is 19.3 Å². The fourth-order valence-corrected chi connectivity index (χ4v) is 3.20. The van der Waals surface area contributed by atoms with Crippen molar-refractivity contribution >= 4 is 0 Å². The summed E-state index contributed by atoms with van der Waals surface area (Å²) in [7, 11) is 0. The largest absolute Gasteiger partial charge is 0.323 e. The first-order valence-corrected chi connectivity index (χ1v) is 5.66. The van der Waals surface area contributed by atoms with Crippen molar-refractivity contribution in [2.75, 3.05) is 26.2 Å². The van der Waals surface area contributed by atoms with Crippen molar-refractivity contribution in [3.63, 3.8) is 0 Å². The van der Waals surface area contributed by atoms with Gasteiger partial charge in [0.2, 0.25) is 0 Å². The molecule has 1 spiro atoms. The van der Waals surface area contributed by atoms with Crippen LogP contribution in [0.3, 0.4) is 0 Å². The molecule has 0 bridgehead atoms. The van der Waals surface area contributed by atoms with Crippen LogP contribution in [0.5, 0.6) is 0 Å². The normalized spacial score (nSPS) is 35.2. The summed E-state index contributed by atoms with van der Waals surface area (Å²) in [5.41, 5.74) is 0. The van der Waals surface area contributed by atoms with Gasteiger partial charge < -0.3 is 4.48 Å². The Bertz CT molecular complexity index is 147. The predicted octanol–water partition coefficient (Wildman–Crippen LogP) is 2.42. The number of hydrogen-bond donors (Lipinski definition) is 0. The summed E-state index contributed by atoms with van der Waals surface area (Å²) < 4.78 is 1.49. The highest BCUT2D eigenvalue weighted by atomic mass is 15.4. The zero-order chi connectivity index (χ0) is 8.44. The van der Waals surface area contributed by atoms with Gasteiger partial charge in [0, 0.05) is 18.8 Å². The van der Waals surface area contributed by atoms with Crippen molar-refractivity contribution in [3.05, 3.63) is 0 Å². The highest BCUT2D eigenvalue weighted by Crippen LogP contribution is 2.27. The van der Waals surface area contributed by atoms with Gasteiger partial charge in [0.15, 0.2) is 0 Å². The molecule has 2 rings (SSSR count). The van der Waals surface area contributed by atoms with Gasteiger partial charge in [-0.15, -0.1) is 0 Å². The van der Waals surface area contributed by atoms with Crippen molar-refractivity contribution < 1.29 is 4.48 Å². The van der Waals surface area contributed by atoms with Crippen molar-refractivity contribution in [1.29, 1.82) is 0 Å². The minimum atomic E-state index is 0.991. The van der Waals surface area contributed by atoms with Crippen LogP contribution in [0.15, 0.2) is 0 Å². The van der Waals surface area contributed by atoms with Crippen molar-refractivity contribution in [3.8, 4) is 0 Å². The Morgan fingerprint density at radius 1 is 0.917 bits per heavy atom. The standard InChI is InChI=1S/C11H22N/c1-11-6-2-3-7-12(10-11)8-4-5-9-12/h11H,2-10H2,1H3/q+1. The Balaban J connectivity index is 2.02. The third kappa shape index (κ3) is 1.66. The van der Waals surface area contributed by atoms with E-state index in [1.807, 2.05) is 0 Å². The zero-order valence-electron chi connectivity index (χ0n) is 8.39. The third-order valence-electron chi connectivity index (χ3n) is 3.79. The first-order valence-electron chi connectivity index (χ1n) is 5.66. The maximum absolute atomic E-state index is 2.45. The quantitative estimate of drug-likeness (QED) is 0.487. The first-order chi connectivity index (χ1) is 5.81. The summed E-state index contributed by atoms with van der Waals surface area (Å²) in [6.45, 7) is 8.41. The molecule has 0 saturated carbocycles. The average Bonchev–Trinajstić information content (AvgIpc) is 2.39. The predicted molar refractivity (Wildman–Crippen MR) is 52.0 cm³/mol. The Hall–Kier alpha value is -0.0400. The molecule has 2 heterocycles. The van der Waals surface area contributed by atoms with E-state index in [0.717, 1.165) is 5.92 Å². The Morgan fingerprint density at radius 2 is 1.50 bits per heavy atom. The molecule has 2 saturated heterocycles. The summed E-state index contributed by atoms with van der Waals surface area (Å²) >= 11 is 0. The maximum Gasteiger partial charge on any atom is 0.0812 e. The average molecular weight is 168 g/mol. The molecular formula is C11H22N+. The third-order valence-corrected chi connectivity index (χ3v) is 3.79. The summed E-state index contributed by atoms with van der Waals surface area (Å²) in [5.74, 6) is 0.991. The second kappa shape index (κ2) is 3.37. The lowest BCUT2D eigenvalue weighted by Gasteiger charge is -2.34. The molecule has 1 atom stereocenters. The minimum Gasteiger partial charge on any atom is -0.323 e. The fraction of sp³-hybridized carbons (Fsp3) is 1.00. The van der Waals surface area contributed by atoms with Gasteiger partial charge in [0.05, 0.1) is 26.2 Å². The molecular weight excluding hydrogens is 146 g/mol. The summed E-state index contributed by atoms with van der Waals surface area (Å²) in [4.78, 5) is 0. The summed E-state index contributed by atoms with van der Waals surface area (Å²) in [5, 5.41) is 0. The van der Waals surface area contributed by atoms with Crippen LogP contribution in [0.4, 0.5) is 0 Å². The fourth-order valence-electron chi connectivity index (χ4n) is 3.20. The van der Waals surface area contributed by atoms with E-state index < -0.39 is 0 Å². The van der Waals surface area contributed by atoms with Gasteiger partial charge in [-0.25, -0.2) is 0 Å². The molecule has 0 aliphatic carbocycles. The molecule has 0 N–H and O–H groups in total. The SMILES string of the molecule is CC1CCCC[N+]2(CCCC2)C1. The van der Waals surface area contributed by atoms with Crippen LogP contribution in [-0.4, -0.2) is 30.7 Å². The van der Waals surface area contributed by atoms with E-state index in [-0.39, 0.29) is 0 Å². The summed E-state index contributed by atoms with van der Waals surface area (Å²) in [6, 6.07) is 0. The van der Waals surface area contributed by atoms with Gasteiger partial charge >= 0.3 is 0 Å². The van der Waals surface area contributed by atoms with Gasteiger partial charge in [-0.2, -0.15) is 0 Å².